The van der Waals surface area contributed by atoms with Gasteiger partial charge in [-0.3, -0.25) is 14.9 Å². The largest absolute Gasteiger partial charge is 0.478 e. The van der Waals surface area contributed by atoms with Crippen LogP contribution in [0.4, 0.5) is 10.5 Å². The number of carbonyl (C=O) groups excluding carboxylic acids is 3. The highest BCUT2D eigenvalue weighted by Gasteiger charge is 2.37. The van der Waals surface area contributed by atoms with Crippen molar-refractivity contribution in [1.29, 1.82) is 0 Å². The molecule has 0 atom stereocenters. The number of halogens is 1. The molecular weight excluding hydrogens is 448 g/mol. The normalized spacial score (nSPS) is 15.2. The third-order valence-corrected chi connectivity index (χ3v) is 5.56. The Bertz CT molecular complexity index is 1370. The Kier molecular flexibility index (Phi) is 5.61. The highest BCUT2D eigenvalue weighted by Crippen LogP contribution is 2.29. The maximum atomic E-state index is 13.0. The Morgan fingerprint density at radius 1 is 1.03 bits per heavy atom. The van der Waals surface area contributed by atoms with Crippen molar-refractivity contribution in [2.75, 3.05) is 4.90 Å². The summed E-state index contributed by atoms with van der Waals surface area (Å²) in [6.07, 6.45) is 1.24. The van der Waals surface area contributed by atoms with E-state index in [4.69, 9.17) is 21.1 Å². The Morgan fingerprint density at radius 3 is 2.45 bits per heavy atom. The Morgan fingerprint density at radius 2 is 1.79 bits per heavy atom. The van der Waals surface area contributed by atoms with Gasteiger partial charge in [0, 0.05) is 5.56 Å². The third kappa shape index (κ3) is 4.16. The number of benzene rings is 2. The lowest BCUT2D eigenvalue weighted by Gasteiger charge is -2.26. The zero-order valence-corrected chi connectivity index (χ0v) is 18.3. The van der Waals surface area contributed by atoms with Crippen LogP contribution in [0.5, 0.6) is 0 Å². The van der Waals surface area contributed by atoms with E-state index in [9.17, 15) is 19.2 Å². The fourth-order valence-electron chi connectivity index (χ4n) is 3.33. The van der Waals surface area contributed by atoms with E-state index in [1.54, 1.807) is 30.3 Å². The van der Waals surface area contributed by atoms with Gasteiger partial charge in [-0.15, -0.1) is 0 Å². The van der Waals surface area contributed by atoms with E-state index < -0.39 is 23.8 Å². The van der Waals surface area contributed by atoms with Gasteiger partial charge in [-0.25, -0.2) is 14.5 Å². The molecule has 1 fully saturated rings. The molecule has 2 N–H and O–H groups in total. The first kappa shape index (κ1) is 22.0. The van der Waals surface area contributed by atoms with Gasteiger partial charge in [0.25, 0.3) is 11.8 Å². The molecule has 9 heteroatoms. The van der Waals surface area contributed by atoms with Gasteiger partial charge in [0.05, 0.1) is 16.3 Å². The fourth-order valence-corrected chi connectivity index (χ4v) is 3.59. The van der Waals surface area contributed by atoms with Gasteiger partial charge >= 0.3 is 12.0 Å². The number of carboxylic acid groups (broad SMARTS) is 1. The summed E-state index contributed by atoms with van der Waals surface area (Å²) in [6.45, 7) is 3.76. The number of barbiturate groups is 1. The first-order chi connectivity index (χ1) is 15.7. The van der Waals surface area contributed by atoms with Crippen LogP contribution in [0.25, 0.3) is 17.4 Å². The van der Waals surface area contributed by atoms with Crippen molar-refractivity contribution in [2.45, 2.75) is 13.8 Å². The number of amides is 4. The number of aromatic carboxylic acids is 1. The number of urea groups is 1. The molecule has 1 aromatic heterocycles. The van der Waals surface area contributed by atoms with Gasteiger partial charge in [0.1, 0.15) is 17.1 Å². The Labute approximate surface area is 193 Å². The Balaban J connectivity index is 1.66. The number of imide groups is 2. The van der Waals surface area contributed by atoms with E-state index in [2.05, 4.69) is 5.32 Å². The average Bonchev–Trinajstić information content (AvgIpc) is 3.22. The molecular formula is C24H17ClN2O6. The summed E-state index contributed by atoms with van der Waals surface area (Å²) in [5, 5.41) is 11.3. The molecule has 33 heavy (non-hydrogen) atoms. The summed E-state index contributed by atoms with van der Waals surface area (Å²) < 4.78 is 5.71. The lowest BCUT2D eigenvalue weighted by atomic mass is 10.1. The number of hydrogen-bond donors (Lipinski definition) is 2. The van der Waals surface area contributed by atoms with Gasteiger partial charge in [0.2, 0.25) is 0 Å². The second-order valence-corrected chi connectivity index (χ2v) is 7.84. The van der Waals surface area contributed by atoms with Gasteiger partial charge in [-0.1, -0.05) is 23.7 Å². The van der Waals surface area contributed by atoms with Gasteiger partial charge in [-0.2, -0.15) is 0 Å². The fraction of sp³-hybridized carbons (Fsp3) is 0.0833. The van der Waals surface area contributed by atoms with Crippen LogP contribution in [0.3, 0.4) is 0 Å². The molecule has 166 valence electrons. The van der Waals surface area contributed by atoms with E-state index in [0.29, 0.717) is 17.0 Å². The average molecular weight is 465 g/mol. The third-order valence-electron chi connectivity index (χ3n) is 5.25. The zero-order valence-electron chi connectivity index (χ0n) is 17.5. The molecule has 3 aromatic rings. The van der Waals surface area contributed by atoms with Crippen LogP contribution in [-0.4, -0.2) is 28.9 Å². The first-order valence-electron chi connectivity index (χ1n) is 9.77. The summed E-state index contributed by atoms with van der Waals surface area (Å²) >= 11 is 6.01. The van der Waals surface area contributed by atoms with E-state index in [-0.39, 0.29) is 21.9 Å². The number of hydrogen-bond acceptors (Lipinski definition) is 5. The lowest BCUT2D eigenvalue weighted by molar-refractivity contribution is -0.122. The van der Waals surface area contributed by atoms with Gasteiger partial charge in [0.15, 0.2) is 0 Å². The summed E-state index contributed by atoms with van der Waals surface area (Å²) in [5.41, 5.74) is 2.42. The number of carboxylic acids is 1. The van der Waals surface area contributed by atoms with Gasteiger partial charge in [-0.05, 0) is 67.4 Å². The monoisotopic (exact) mass is 464 g/mol. The van der Waals surface area contributed by atoms with Crippen molar-refractivity contribution < 1.29 is 28.7 Å². The smallest absolute Gasteiger partial charge is 0.337 e. The standard InChI is InChI=1S/C24H17ClN2O6/c1-12-3-5-15(9-13(12)2)27-22(29)18(21(28)26-24(27)32)11-16-6-8-20(33-16)14-4-7-17(23(30)31)19(25)10-14/h3-11H,1-2H3,(H,30,31)(H,26,28,32)/b18-11+. The molecule has 4 rings (SSSR count). The lowest BCUT2D eigenvalue weighted by Crippen LogP contribution is -2.54. The van der Waals surface area contributed by atoms with Crippen LogP contribution in [-0.2, 0) is 9.59 Å². The topological polar surface area (TPSA) is 117 Å². The molecule has 1 aliphatic rings. The molecule has 0 unspecified atom stereocenters. The summed E-state index contributed by atoms with van der Waals surface area (Å²) in [5.74, 6) is -2.22. The van der Waals surface area contributed by atoms with Gasteiger partial charge < -0.3 is 9.52 Å². The summed E-state index contributed by atoms with van der Waals surface area (Å²) in [4.78, 5) is 49.8. The summed E-state index contributed by atoms with van der Waals surface area (Å²) in [6, 6.07) is 11.7. The van der Waals surface area contributed by atoms with E-state index >= 15 is 0 Å². The highest BCUT2D eigenvalue weighted by molar-refractivity contribution is 6.39. The molecule has 8 nitrogen and oxygen atoms in total. The molecule has 4 amide bonds. The predicted octanol–water partition coefficient (Wildman–Crippen LogP) is 4.58. The highest BCUT2D eigenvalue weighted by atomic mass is 35.5. The van der Waals surface area contributed by atoms with Crippen LogP contribution in [0.15, 0.2) is 58.5 Å². The minimum atomic E-state index is -1.15. The van der Waals surface area contributed by atoms with Crippen molar-refractivity contribution in [1.82, 2.24) is 5.32 Å². The molecule has 2 heterocycles. The molecule has 2 aromatic carbocycles. The zero-order chi connectivity index (χ0) is 23.9. The minimum Gasteiger partial charge on any atom is -0.478 e. The number of aryl methyl sites for hydroxylation is 2. The molecule has 0 bridgehead atoms. The van der Waals surface area contributed by atoms with Crippen LogP contribution >= 0.6 is 11.6 Å². The number of nitrogens with one attached hydrogen (secondary N) is 1. The number of rotatable bonds is 4. The predicted molar refractivity (Wildman–Crippen MR) is 121 cm³/mol. The van der Waals surface area contributed by atoms with Crippen molar-refractivity contribution in [3.63, 3.8) is 0 Å². The number of nitrogens with zero attached hydrogens (tertiary/aromatic N) is 1. The second-order valence-electron chi connectivity index (χ2n) is 7.43. The number of carbonyl (C=O) groups is 4. The van der Waals surface area contributed by atoms with Crippen molar-refractivity contribution >= 4 is 47.2 Å². The first-order valence-corrected chi connectivity index (χ1v) is 10.2. The number of furan rings is 1. The minimum absolute atomic E-state index is 0.0423. The maximum Gasteiger partial charge on any atom is 0.337 e. The van der Waals surface area contributed by atoms with Crippen molar-refractivity contribution in [2.24, 2.45) is 0 Å². The van der Waals surface area contributed by atoms with Crippen LogP contribution in [0, 0.1) is 13.8 Å². The number of anilines is 1. The second kappa shape index (κ2) is 8.40. The van der Waals surface area contributed by atoms with Crippen LogP contribution in [0.1, 0.15) is 27.2 Å². The van der Waals surface area contributed by atoms with E-state index in [1.165, 1.54) is 24.3 Å². The van der Waals surface area contributed by atoms with Crippen molar-refractivity contribution in [3.05, 3.63) is 81.6 Å². The summed E-state index contributed by atoms with van der Waals surface area (Å²) in [7, 11) is 0. The molecule has 0 saturated carbocycles. The van der Waals surface area contributed by atoms with E-state index in [0.717, 1.165) is 16.0 Å². The molecule has 1 saturated heterocycles. The SMILES string of the molecule is Cc1ccc(N2C(=O)NC(=O)/C(=C\c3ccc(-c4ccc(C(=O)O)c(Cl)c4)o3)C2=O)cc1C. The van der Waals surface area contributed by atoms with Crippen molar-refractivity contribution in [3.8, 4) is 11.3 Å². The van der Waals surface area contributed by atoms with E-state index in [1.807, 2.05) is 13.8 Å². The van der Waals surface area contributed by atoms with Crippen LogP contribution < -0.4 is 10.2 Å². The molecule has 0 spiro atoms. The Hall–Kier alpha value is -4.17. The molecule has 0 radical (unpaired) electrons. The molecule has 0 aliphatic carbocycles. The maximum absolute atomic E-state index is 13.0. The van der Waals surface area contributed by atoms with Crippen LogP contribution in [0.2, 0.25) is 5.02 Å². The quantitative estimate of drug-likeness (QED) is 0.431. The molecule has 1 aliphatic heterocycles.